The number of nitrogens with one attached hydrogen (secondary N) is 1. The molecule has 0 saturated heterocycles. The lowest BCUT2D eigenvalue weighted by atomic mass is 10.1. The molecule has 1 N–H and O–H groups in total. The van der Waals surface area contributed by atoms with E-state index in [1.807, 2.05) is 0 Å². The van der Waals surface area contributed by atoms with E-state index in [4.69, 9.17) is 9.15 Å². The number of aromatic nitrogens is 1. The van der Waals surface area contributed by atoms with Gasteiger partial charge in [-0.3, -0.25) is 4.79 Å². The minimum atomic E-state index is -0.571. The lowest BCUT2D eigenvalue weighted by Crippen LogP contribution is -2.25. The van der Waals surface area contributed by atoms with Crippen LogP contribution < -0.4 is 16.5 Å². The number of hydrogen-bond acceptors (Lipinski definition) is 5. The van der Waals surface area contributed by atoms with Gasteiger partial charge in [0.25, 0.3) is 5.56 Å². The minimum absolute atomic E-state index is 0.177. The molecule has 0 saturated carbocycles. The largest absolute Gasteiger partial charge is 0.422 e. The number of fused-ring (bicyclic) bond motifs is 1. The third kappa shape index (κ3) is 3.71. The lowest BCUT2D eigenvalue weighted by molar-refractivity contribution is 0.190. The fourth-order valence-corrected chi connectivity index (χ4v) is 3.17. The van der Waals surface area contributed by atoms with E-state index in [9.17, 15) is 14.0 Å². The Hall–Kier alpha value is -2.93. The second-order valence-corrected chi connectivity index (χ2v) is 6.83. The van der Waals surface area contributed by atoms with E-state index >= 15 is 0 Å². The van der Waals surface area contributed by atoms with E-state index < -0.39 is 11.4 Å². The first-order valence-electron chi connectivity index (χ1n) is 9.03. The van der Waals surface area contributed by atoms with Crippen molar-refractivity contribution in [1.29, 1.82) is 0 Å². The Labute approximate surface area is 161 Å². The second-order valence-electron chi connectivity index (χ2n) is 6.83. The van der Waals surface area contributed by atoms with E-state index in [-0.39, 0.29) is 33.5 Å². The first kappa shape index (κ1) is 19.8. The van der Waals surface area contributed by atoms with Gasteiger partial charge >= 0.3 is 5.63 Å². The van der Waals surface area contributed by atoms with Crippen molar-refractivity contribution in [2.24, 2.45) is 0 Å². The molecule has 7 heteroatoms. The summed E-state index contributed by atoms with van der Waals surface area (Å²) in [5.41, 5.74) is 1.42. The summed E-state index contributed by atoms with van der Waals surface area (Å²) >= 11 is 0. The van der Waals surface area contributed by atoms with Crippen LogP contribution in [-0.4, -0.2) is 18.3 Å². The van der Waals surface area contributed by atoms with Gasteiger partial charge in [-0.25, -0.2) is 9.18 Å². The molecule has 28 heavy (non-hydrogen) atoms. The van der Waals surface area contributed by atoms with E-state index in [0.29, 0.717) is 25.3 Å². The molecule has 3 rings (SSSR count). The monoisotopic (exact) mass is 386 g/mol. The molecule has 0 amide bonds. The molecule has 0 unspecified atom stereocenters. The first-order valence-corrected chi connectivity index (χ1v) is 9.03. The molecule has 6 nitrogen and oxygen atoms in total. The van der Waals surface area contributed by atoms with E-state index in [1.165, 1.54) is 6.07 Å². The van der Waals surface area contributed by atoms with Crippen LogP contribution in [0, 0.1) is 26.6 Å². The molecular formula is C21H23FN2O4. The summed E-state index contributed by atoms with van der Waals surface area (Å²) < 4.78 is 26.4. The number of methoxy groups -OCH3 is 1. The van der Waals surface area contributed by atoms with Gasteiger partial charge in [-0.2, -0.15) is 0 Å². The van der Waals surface area contributed by atoms with Crippen LogP contribution in [0.1, 0.15) is 23.2 Å². The summed E-state index contributed by atoms with van der Waals surface area (Å²) in [5.74, 6) is -0.465. The Bertz CT molecular complexity index is 1150. The van der Waals surface area contributed by atoms with Gasteiger partial charge in [0.1, 0.15) is 16.8 Å². The third-order valence-electron chi connectivity index (χ3n) is 4.72. The molecular weight excluding hydrogens is 363 g/mol. The van der Waals surface area contributed by atoms with Crippen LogP contribution in [0.4, 0.5) is 15.8 Å². The number of aryl methyl sites for hydroxylation is 2. The zero-order chi connectivity index (χ0) is 20.4. The predicted octanol–water partition coefficient (Wildman–Crippen LogP) is 3.80. The van der Waals surface area contributed by atoms with Crippen LogP contribution in [-0.2, 0) is 11.3 Å². The summed E-state index contributed by atoms with van der Waals surface area (Å²) in [6.07, 6.45) is 0.661. The minimum Gasteiger partial charge on any atom is -0.422 e. The summed E-state index contributed by atoms with van der Waals surface area (Å²) in [5, 5.41) is 3.16. The molecule has 0 atom stereocenters. The quantitative estimate of drug-likeness (QED) is 0.653. The number of benzene rings is 1. The van der Waals surface area contributed by atoms with Gasteiger partial charge in [-0.05, 0) is 44.9 Å². The number of hydrogen-bond donors (Lipinski definition) is 1. The average molecular weight is 386 g/mol. The topological polar surface area (TPSA) is 73.5 Å². The number of nitrogens with zero attached hydrogens (tertiary/aromatic N) is 1. The van der Waals surface area contributed by atoms with Gasteiger partial charge < -0.3 is 19.0 Å². The Morgan fingerprint density at radius 3 is 2.61 bits per heavy atom. The summed E-state index contributed by atoms with van der Waals surface area (Å²) in [6, 6.07) is 6.37. The molecule has 0 bridgehead atoms. The normalized spacial score (nSPS) is 11.2. The van der Waals surface area contributed by atoms with Crippen molar-refractivity contribution in [3.63, 3.8) is 0 Å². The molecule has 1 aromatic carbocycles. The molecule has 0 radical (unpaired) electrons. The second kappa shape index (κ2) is 7.98. The zero-order valence-electron chi connectivity index (χ0n) is 16.4. The van der Waals surface area contributed by atoms with Gasteiger partial charge in [0.15, 0.2) is 0 Å². The van der Waals surface area contributed by atoms with E-state index in [2.05, 4.69) is 5.32 Å². The maximum absolute atomic E-state index is 14.4. The van der Waals surface area contributed by atoms with Crippen LogP contribution in [0.2, 0.25) is 0 Å². The summed E-state index contributed by atoms with van der Waals surface area (Å²) in [7, 11) is 1.60. The third-order valence-corrected chi connectivity index (χ3v) is 4.72. The summed E-state index contributed by atoms with van der Waals surface area (Å²) in [6.45, 7) is 6.10. The van der Waals surface area contributed by atoms with E-state index in [0.717, 1.165) is 5.56 Å². The number of rotatable bonds is 6. The highest BCUT2D eigenvalue weighted by Gasteiger charge is 2.18. The lowest BCUT2D eigenvalue weighted by Gasteiger charge is -2.15. The number of pyridine rings is 1. The Balaban J connectivity index is 2.22. The van der Waals surface area contributed by atoms with Crippen LogP contribution in [0.25, 0.3) is 11.0 Å². The molecule has 2 heterocycles. The van der Waals surface area contributed by atoms with Crippen LogP contribution in [0.5, 0.6) is 0 Å². The molecule has 3 aromatic rings. The van der Waals surface area contributed by atoms with Gasteiger partial charge in [0.05, 0.1) is 16.9 Å². The van der Waals surface area contributed by atoms with Gasteiger partial charge in [-0.1, -0.05) is 6.07 Å². The zero-order valence-corrected chi connectivity index (χ0v) is 16.4. The molecule has 148 valence electrons. The van der Waals surface area contributed by atoms with Crippen molar-refractivity contribution in [3.8, 4) is 0 Å². The van der Waals surface area contributed by atoms with Crippen LogP contribution >= 0.6 is 0 Å². The highest BCUT2D eigenvalue weighted by atomic mass is 19.1. The fraction of sp³-hybridized carbons (Fsp3) is 0.333. The number of halogens is 1. The molecule has 0 spiro atoms. The van der Waals surface area contributed by atoms with Gasteiger partial charge in [0.2, 0.25) is 0 Å². The van der Waals surface area contributed by atoms with E-state index in [1.54, 1.807) is 50.6 Å². The first-order chi connectivity index (χ1) is 13.3. The van der Waals surface area contributed by atoms with Crippen molar-refractivity contribution in [2.75, 3.05) is 19.0 Å². The number of ether oxygens (including phenoxy) is 1. The molecule has 2 aromatic heterocycles. The van der Waals surface area contributed by atoms with Crippen molar-refractivity contribution in [2.45, 2.75) is 33.7 Å². The molecule has 0 aliphatic carbocycles. The Morgan fingerprint density at radius 1 is 1.18 bits per heavy atom. The van der Waals surface area contributed by atoms with Crippen molar-refractivity contribution in [1.82, 2.24) is 4.57 Å². The highest BCUT2D eigenvalue weighted by Crippen LogP contribution is 2.28. The van der Waals surface area contributed by atoms with Gasteiger partial charge in [-0.15, -0.1) is 0 Å². The van der Waals surface area contributed by atoms with Gasteiger partial charge in [0, 0.05) is 32.0 Å². The maximum Gasteiger partial charge on any atom is 0.341 e. The van der Waals surface area contributed by atoms with Crippen molar-refractivity contribution >= 4 is 22.3 Å². The standard InChI is InChI=1S/C21H23FN2O4/c1-12-6-7-16(15(22)10-12)23-19-14(3)21(26)28-17-11-13(2)24(8-5-9-27-4)20(25)18(17)19/h6-7,10-11,23H,5,8-9H2,1-4H3. The van der Waals surface area contributed by atoms with Crippen molar-refractivity contribution < 1.29 is 13.5 Å². The Morgan fingerprint density at radius 2 is 1.93 bits per heavy atom. The molecule has 0 fully saturated rings. The van der Waals surface area contributed by atoms with Crippen LogP contribution in [0.15, 0.2) is 38.3 Å². The summed E-state index contributed by atoms with van der Waals surface area (Å²) in [4.78, 5) is 25.5. The number of anilines is 2. The maximum atomic E-state index is 14.4. The molecule has 0 aliphatic heterocycles. The fourth-order valence-electron chi connectivity index (χ4n) is 3.17. The smallest absolute Gasteiger partial charge is 0.341 e. The molecule has 0 aliphatic rings. The van der Waals surface area contributed by atoms with Crippen LogP contribution in [0.3, 0.4) is 0 Å². The predicted molar refractivity (Wildman–Crippen MR) is 107 cm³/mol. The van der Waals surface area contributed by atoms with Crippen molar-refractivity contribution in [3.05, 3.63) is 67.7 Å². The average Bonchev–Trinajstić information content (AvgIpc) is 2.63. The highest BCUT2D eigenvalue weighted by molar-refractivity contribution is 5.92. The SMILES string of the molecule is COCCCn1c(C)cc2oc(=O)c(C)c(Nc3ccc(C)cc3F)c2c1=O. The Kier molecular flexibility index (Phi) is 5.65.